The zero-order valence-electron chi connectivity index (χ0n) is 9.33. The highest BCUT2D eigenvalue weighted by atomic mass is 32.2. The Morgan fingerprint density at radius 3 is 2.56 bits per heavy atom. The van der Waals surface area contributed by atoms with Crippen LogP contribution in [0.15, 0.2) is 23.1 Å². The van der Waals surface area contributed by atoms with Gasteiger partial charge in [-0.3, -0.25) is 4.79 Å². The van der Waals surface area contributed by atoms with Crippen molar-refractivity contribution in [3.8, 4) is 0 Å². The smallest absolute Gasteiger partial charge is 0.248 e. The molecular formula is C9H14N4O4S. The Balaban J connectivity index is 2.92. The van der Waals surface area contributed by atoms with Crippen molar-refractivity contribution in [1.29, 1.82) is 0 Å². The summed E-state index contributed by atoms with van der Waals surface area (Å²) >= 11 is 0. The van der Waals surface area contributed by atoms with Gasteiger partial charge in [-0.25, -0.2) is 13.6 Å². The first-order valence-electron chi connectivity index (χ1n) is 4.85. The Morgan fingerprint density at radius 1 is 1.44 bits per heavy atom. The fourth-order valence-electron chi connectivity index (χ4n) is 1.17. The van der Waals surface area contributed by atoms with Gasteiger partial charge in [0.05, 0.1) is 16.3 Å². The van der Waals surface area contributed by atoms with Gasteiger partial charge in [-0.1, -0.05) is 0 Å². The van der Waals surface area contributed by atoms with Crippen molar-refractivity contribution in [2.24, 2.45) is 10.9 Å². The van der Waals surface area contributed by atoms with E-state index in [4.69, 9.17) is 16.6 Å². The van der Waals surface area contributed by atoms with Crippen molar-refractivity contribution >= 4 is 27.3 Å². The number of rotatable bonds is 5. The molecule has 8 nitrogen and oxygen atoms in total. The number of anilines is 2. The van der Waals surface area contributed by atoms with E-state index in [-0.39, 0.29) is 22.8 Å². The first-order valence-corrected chi connectivity index (χ1v) is 6.40. The summed E-state index contributed by atoms with van der Waals surface area (Å²) in [5, 5.41) is 16.8. The lowest BCUT2D eigenvalue weighted by Crippen LogP contribution is -2.34. The van der Waals surface area contributed by atoms with Crippen LogP contribution in [0, 0.1) is 0 Å². The maximum absolute atomic E-state index is 11.1. The molecule has 9 heteroatoms. The minimum atomic E-state index is -3.85. The molecule has 0 spiro atoms. The summed E-state index contributed by atoms with van der Waals surface area (Å²) in [6.07, 6.45) is -1.40. The third-order valence-electron chi connectivity index (χ3n) is 2.17. The number of nitrogen functional groups attached to an aromatic ring is 1. The molecule has 100 valence electrons. The number of hydrogen-bond acceptors (Lipinski definition) is 6. The van der Waals surface area contributed by atoms with Crippen LogP contribution in [0.2, 0.25) is 0 Å². The van der Waals surface area contributed by atoms with Gasteiger partial charge < -0.3 is 21.9 Å². The van der Waals surface area contributed by atoms with Gasteiger partial charge in [0.15, 0.2) is 0 Å². The molecule has 1 unspecified atom stereocenters. The van der Waals surface area contributed by atoms with Gasteiger partial charge in [0, 0.05) is 6.54 Å². The molecule has 0 saturated carbocycles. The third-order valence-corrected chi connectivity index (χ3v) is 3.08. The Kier molecular flexibility index (Phi) is 4.11. The lowest BCUT2D eigenvalue weighted by molar-refractivity contribution is -0.125. The molecule has 0 fully saturated rings. The monoisotopic (exact) mass is 274 g/mol. The molecule has 0 radical (unpaired) electrons. The summed E-state index contributed by atoms with van der Waals surface area (Å²) < 4.78 is 22.3. The summed E-state index contributed by atoms with van der Waals surface area (Å²) in [5.41, 5.74) is 10.9. The number of carbonyl (C=O) groups is 1. The fourth-order valence-corrected chi connectivity index (χ4v) is 1.71. The number of nitrogens with one attached hydrogen (secondary N) is 1. The van der Waals surface area contributed by atoms with Crippen LogP contribution >= 0.6 is 0 Å². The highest BCUT2D eigenvalue weighted by Gasteiger charge is 2.13. The zero-order valence-corrected chi connectivity index (χ0v) is 10.1. The molecule has 0 aliphatic carbocycles. The number of nitrogens with two attached hydrogens (primary N) is 3. The largest absolute Gasteiger partial charge is 0.397 e. The van der Waals surface area contributed by atoms with E-state index in [2.05, 4.69) is 5.32 Å². The van der Waals surface area contributed by atoms with E-state index in [1.807, 2.05) is 0 Å². The van der Waals surface area contributed by atoms with Crippen LogP contribution in [-0.4, -0.2) is 32.1 Å². The molecule has 18 heavy (non-hydrogen) atoms. The summed E-state index contributed by atoms with van der Waals surface area (Å²) in [5.74, 6) is -0.899. The number of aliphatic hydroxyl groups excluding tert-OH is 1. The van der Waals surface area contributed by atoms with E-state index in [9.17, 15) is 18.3 Å². The van der Waals surface area contributed by atoms with Crippen LogP contribution in [0.4, 0.5) is 11.4 Å². The molecule has 8 N–H and O–H groups in total. The summed E-state index contributed by atoms with van der Waals surface area (Å²) in [6.45, 7) is -0.187. The number of amides is 1. The van der Waals surface area contributed by atoms with Gasteiger partial charge in [-0.05, 0) is 18.2 Å². The topological polar surface area (TPSA) is 162 Å². The lowest BCUT2D eigenvalue weighted by Gasteiger charge is -2.12. The average molecular weight is 274 g/mol. The van der Waals surface area contributed by atoms with Crippen LogP contribution in [0.5, 0.6) is 0 Å². The first kappa shape index (κ1) is 14.2. The number of hydrogen-bond donors (Lipinski definition) is 5. The highest BCUT2D eigenvalue weighted by molar-refractivity contribution is 7.89. The molecule has 1 amide bonds. The van der Waals surface area contributed by atoms with Crippen LogP contribution in [0.1, 0.15) is 0 Å². The van der Waals surface area contributed by atoms with Crippen LogP contribution in [0.25, 0.3) is 0 Å². The second-order valence-corrected chi connectivity index (χ2v) is 5.15. The Hall–Kier alpha value is -1.84. The maximum atomic E-state index is 11.1. The number of primary amides is 1. The van der Waals surface area contributed by atoms with E-state index in [1.54, 1.807) is 0 Å². The predicted octanol–water partition coefficient (Wildman–Crippen LogP) is -1.83. The molecule has 0 bridgehead atoms. The SMILES string of the molecule is NC(=O)C(O)CNc1cc(S(N)(=O)=O)ccc1N. The zero-order chi connectivity index (χ0) is 13.9. The van der Waals surface area contributed by atoms with Crippen LogP contribution in [-0.2, 0) is 14.8 Å². The molecule has 1 aromatic carbocycles. The summed E-state index contributed by atoms with van der Waals surface area (Å²) in [7, 11) is -3.85. The lowest BCUT2D eigenvalue weighted by atomic mass is 10.2. The number of aliphatic hydroxyl groups is 1. The van der Waals surface area contributed by atoms with Crippen molar-refractivity contribution in [1.82, 2.24) is 0 Å². The van der Waals surface area contributed by atoms with Gasteiger partial charge in [-0.2, -0.15) is 0 Å². The molecule has 0 aliphatic rings. The molecule has 0 saturated heterocycles. The van der Waals surface area contributed by atoms with Crippen molar-refractivity contribution < 1.29 is 18.3 Å². The Labute approximate surface area is 104 Å². The van der Waals surface area contributed by atoms with Crippen LogP contribution in [0.3, 0.4) is 0 Å². The number of carbonyl (C=O) groups excluding carboxylic acids is 1. The third kappa shape index (κ3) is 3.58. The summed E-state index contributed by atoms with van der Waals surface area (Å²) in [4.78, 5) is 10.5. The first-order chi connectivity index (χ1) is 8.21. The Bertz CT molecular complexity index is 558. The molecule has 0 heterocycles. The van der Waals surface area contributed by atoms with Gasteiger partial charge in [0.25, 0.3) is 0 Å². The normalized spacial score (nSPS) is 13.0. The van der Waals surface area contributed by atoms with E-state index < -0.39 is 22.0 Å². The van der Waals surface area contributed by atoms with E-state index in [0.717, 1.165) is 0 Å². The molecule has 0 aliphatic heterocycles. The van der Waals surface area contributed by atoms with E-state index >= 15 is 0 Å². The minimum Gasteiger partial charge on any atom is -0.397 e. The molecule has 1 atom stereocenters. The molecular weight excluding hydrogens is 260 g/mol. The quantitative estimate of drug-likeness (QED) is 0.397. The maximum Gasteiger partial charge on any atom is 0.248 e. The predicted molar refractivity (Wildman–Crippen MR) is 65.9 cm³/mol. The van der Waals surface area contributed by atoms with Crippen molar-refractivity contribution in [3.63, 3.8) is 0 Å². The molecule has 1 aromatic rings. The molecule has 0 aromatic heterocycles. The van der Waals surface area contributed by atoms with Gasteiger partial charge in [-0.15, -0.1) is 0 Å². The number of sulfonamides is 1. The molecule has 1 rings (SSSR count). The standard InChI is InChI=1S/C9H14N4O4S/c10-6-2-1-5(18(12,16)17)3-7(6)13-4-8(14)9(11)15/h1-3,8,13-14H,4,10H2,(H2,11,15)(H2,12,16,17). The summed E-state index contributed by atoms with van der Waals surface area (Å²) in [6, 6.07) is 3.80. The van der Waals surface area contributed by atoms with Gasteiger partial charge in [0.1, 0.15) is 6.10 Å². The fraction of sp³-hybridized carbons (Fsp3) is 0.222. The number of benzene rings is 1. The highest BCUT2D eigenvalue weighted by Crippen LogP contribution is 2.21. The van der Waals surface area contributed by atoms with Crippen molar-refractivity contribution in [2.45, 2.75) is 11.0 Å². The minimum absolute atomic E-state index is 0.132. The van der Waals surface area contributed by atoms with Crippen molar-refractivity contribution in [3.05, 3.63) is 18.2 Å². The van der Waals surface area contributed by atoms with Gasteiger partial charge in [0.2, 0.25) is 15.9 Å². The van der Waals surface area contributed by atoms with E-state index in [1.165, 1.54) is 18.2 Å². The second-order valence-electron chi connectivity index (χ2n) is 3.59. The Morgan fingerprint density at radius 2 is 2.06 bits per heavy atom. The van der Waals surface area contributed by atoms with Crippen LogP contribution < -0.4 is 21.9 Å². The van der Waals surface area contributed by atoms with E-state index in [0.29, 0.717) is 0 Å². The van der Waals surface area contributed by atoms with Crippen molar-refractivity contribution in [2.75, 3.05) is 17.6 Å². The number of primary sulfonamides is 1. The van der Waals surface area contributed by atoms with Gasteiger partial charge >= 0.3 is 0 Å². The second kappa shape index (κ2) is 5.21. The average Bonchev–Trinajstić information content (AvgIpc) is 2.25.